The highest BCUT2D eigenvalue weighted by Gasteiger charge is 2.40. The molecule has 2 aliphatic heterocycles. The van der Waals surface area contributed by atoms with E-state index < -0.39 is 0 Å². The van der Waals surface area contributed by atoms with Gasteiger partial charge in [0.1, 0.15) is 11.6 Å². The Hall–Kier alpha value is -0.770. The number of nitrogens with zero attached hydrogens (tertiary/aromatic N) is 1. The van der Waals surface area contributed by atoms with E-state index in [1.165, 1.54) is 19.4 Å². The van der Waals surface area contributed by atoms with Crippen LogP contribution in [-0.4, -0.2) is 42.3 Å². The molecule has 2 N–H and O–H groups in total. The third kappa shape index (κ3) is 2.67. The normalized spacial score (nSPS) is 30.1. The molecule has 0 radical (unpaired) electrons. The second kappa shape index (κ2) is 4.24. The second-order valence-electron chi connectivity index (χ2n) is 5.98. The Morgan fingerprint density at radius 2 is 2.12 bits per heavy atom. The molecular formula is C12H23N2O2+. The molecule has 4 heteroatoms. The Kier molecular flexibility index (Phi) is 3.10. The van der Waals surface area contributed by atoms with Crippen LogP contribution in [0.2, 0.25) is 0 Å². The number of fused-ring (bicyclic) bond motifs is 1. The molecule has 0 aromatic rings. The summed E-state index contributed by atoms with van der Waals surface area (Å²) < 4.78 is 5.40. The lowest BCUT2D eigenvalue weighted by Gasteiger charge is -2.24. The van der Waals surface area contributed by atoms with Crippen molar-refractivity contribution in [2.45, 2.75) is 45.3 Å². The Morgan fingerprint density at radius 3 is 2.75 bits per heavy atom. The van der Waals surface area contributed by atoms with Crippen LogP contribution in [0, 0.1) is 5.92 Å². The van der Waals surface area contributed by atoms with E-state index in [1.807, 2.05) is 25.7 Å². The number of nitrogens with two attached hydrogens (primary N) is 1. The molecule has 0 aromatic heterocycles. The average Bonchev–Trinajstić information content (AvgIpc) is 2.58. The first kappa shape index (κ1) is 11.7. The molecular weight excluding hydrogens is 204 g/mol. The Morgan fingerprint density at radius 1 is 1.38 bits per heavy atom. The summed E-state index contributed by atoms with van der Waals surface area (Å²) in [5.41, 5.74) is -0.380. The van der Waals surface area contributed by atoms with Crippen LogP contribution in [-0.2, 0) is 4.74 Å². The first-order valence-electron chi connectivity index (χ1n) is 6.27. The van der Waals surface area contributed by atoms with Crippen molar-refractivity contribution in [3.63, 3.8) is 0 Å². The van der Waals surface area contributed by atoms with Crippen LogP contribution in [0.1, 0.15) is 33.6 Å². The molecule has 0 saturated carbocycles. The largest absolute Gasteiger partial charge is 0.444 e. The first-order valence-corrected chi connectivity index (χ1v) is 6.27. The lowest BCUT2D eigenvalue weighted by molar-refractivity contribution is -0.699. The maximum absolute atomic E-state index is 11.9. The second-order valence-corrected chi connectivity index (χ2v) is 5.98. The molecule has 2 saturated heterocycles. The maximum Gasteiger partial charge on any atom is 0.410 e. The molecule has 0 unspecified atom stereocenters. The summed E-state index contributed by atoms with van der Waals surface area (Å²) in [7, 11) is 0. The molecule has 1 amide bonds. The van der Waals surface area contributed by atoms with E-state index in [2.05, 4.69) is 5.32 Å². The standard InChI is InChI=1S/C12H22N2O2/c1-12(2,3)16-11(15)14-7-9-5-4-6-13-10(9)8-14/h9-10,13H,4-8H2,1-3H3/p+1/t9-,10-/m0/s1. The molecule has 92 valence electrons. The zero-order chi connectivity index (χ0) is 11.8. The van der Waals surface area contributed by atoms with Crippen molar-refractivity contribution in [3.05, 3.63) is 0 Å². The Balaban J connectivity index is 1.90. The number of amides is 1. The highest BCUT2D eigenvalue weighted by Crippen LogP contribution is 2.23. The molecule has 2 heterocycles. The van der Waals surface area contributed by atoms with Crippen molar-refractivity contribution < 1.29 is 14.8 Å². The van der Waals surface area contributed by atoms with Gasteiger partial charge in [0.15, 0.2) is 0 Å². The molecule has 0 spiro atoms. The van der Waals surface area contributed by atoms with E-state index >= 15 is 0 Å². The highest BCUT2D eigenvalue weighted by atomic mass is 16.6. The molecule has 16 heavy (non-hydrogen) atoms. The van der Waals surface area contributed by atoms with Gasteiger partial charge in [0.05, 0.1) is 13.1 Å². The lowest BCUT2D eigenvalue weighted by Crippen LogP contribution is -2.93. The molecule has 0 aliphatic carbocycles. The van der Waals surface area contributed by atoms with Crippen LogP contribution in [0.4, 0.5) is 4.79 Å². The third-order valence-corrected chi connectivity index (χ3v) is 3.39. The number of ether oxygens (including phenoxy) is 1. The van der Waals surface area contributed by atoms with Gasteiger partial charge >= 0.3 is 6.09 Å². The van der Waals surface area contributed by atoms with Gasteiger partial charge in [-0.3, -0.25) is 0 Å². The summed E-state index contributed by atoms with van der Waals surface area (Å²) in [5, 5.41) is 2.39. The number of carbonyl (C=O) groups is 1. The number of hydrogen-bond donors (Lipinski definition) is 1. The smallest absolute Gasteiger partial charge is 0.410 e. The van der Waals surface area contributed by atoms with Gasteiger partial charge < -0.3 is 15.0 Å². The van der Waals surface area contributed by atoms with Crippen molar-refractivity contribution in [2.75, 3.05) is 19.6 Å². The predicted molar refractivity (Wildman–Crippen MR) is 61.1 cm³/mol. The fourth-order valence-electron chi connectivity index (χ4n) is 2.66. The van der Waals surface area contributed by atoms with Crippen molar-refractivity contribution in [3.8, 4) is 0 Å². The van der Waals surface area contributed by atoms with E-state index in [4.69, 9.17) is 4.74 Å². The number of rotatable bonds is 0. The van der Waals surface area contributed by atoms with E-state index in [1.54, 1.807) is 0 Å². The zero-order valence-electron chi connectivity index (χ0n) is 10.5. The minimum absolute atomic E-state index is 0.143. The average molecular weight is 227 g/mol. The summed E-state index contributed by atoms with van der Waals surface area (Å²) in [6.45, 7) is 8.71. The molecule has 0 bridgehead atoms. The first-order chi connectivity index (χ1) is 7.46. The predicted octanol–water partition coefficient (Wildman–Crippen LogP) is 0.579. The van der Waals surface area contributed by atoms with Crippen molar-refractivity contribution in [1.29, 1.82) is 0 Å². The van der Waals surface area contributed by atoms with Gasteiger partial charge in [0, 0.05) is 12.5 Å². The fourth-order valence-corrected chi connectivity index (χ4v) is 2.66. The van der Waals surface area contributed by atoms with E-state index in [0.717, 1.165) is 13.1 Å². The monoisotopic (exact) mass is 227 g/mol. The number of likely N-dealkylation sites (tertiary alicyclic amines) is 1. The summed E-state index contributed by atoms with van der Waals surface area (Å²) in [5.74, 6) is 0.682. The summed E-state index contributed by atoms with van der Waals surface area (Å²) in [6.07, 6.45) is 2.40. The molecule has 4 nitrogen and oxygen atoms in total. The van der Waals surface area contributed by atoms with Crippen LogP contribution in [0.5, 0.6) is 0 Å². The lowest BCUT2D eigenvalue weighted by atomic mass is 9.94. The minimum atomic E-state index is -0.380. The van der Waals surface area contributed by atoms with Crippen molar-refractivity contribution in [2.24, 2.45) is 5.92 Å². The van der Waals surface area contributed by atoms with Gasteiger partial charge in [-0.25, -0.2) is 4.79 Å². The van der Waals surface area contributed by atoms with Crippen LogP contribution >= 0.6 is 0 Å². The van der Waals surface area contributed by atoms with Gasteiger partial charge in [-0.15, -0.1) is 0 Å². The van der Waals surface area contributed by atoms with Gasteiger partial charge in [0.25, 0.3) is 0 Å². The third-order valence-electron chi connectivity index (χ3n) is 3.39. The van der Waals surface area contributed by atoms with Crippen molar-refractivity contribution in [1.82, 2.24) is 4.90 Å². The van der Waals surface area contributed by atoms with Gasteiger partial charge in [-0.05, 0) is 33.6 Å². The summed E-state index contributed by atoms with van der Waals surface area (Å²) >= 11 is 0. The fraction of sp³-hybridized carbons (Fsp3) is 0.917. The molecule has 0 aromatic carbocycles. The van der Waals surface area contributed by atoms with Gasteiger partial charge in [-0.1, -0.05) is 0 Å². The Bertz CT molecular complexity index is 259. The van der Waals surface area contributed by atoms with Crippen LogP contribution in [0.15, 0.2) is 0 Å². The number of hydrogen-bond acceptors (Lipinski definition) is 2. The molecule has 2 fully saturated rings. The quantitative estimate of drug-likeness (QED) is 0.658. The SMILES string of the molecule is CC(C)(C)OC(=O)N1C[C@@H]2CCC[NH2+][C@H]2C1. The summed E-state index contributed by atoms with van der Waals surface area (Å²) in [4.78, 5) is 13.8. The maximum atomic E-state index is 11.9. The van der Waals surface area contributed by atoms with E-state index in [9.17, 15) is 4.79 Å². The zero-order valence-corrected chi connectivity index (χ0v) is 10.5. The topological polar surface area (TPSA) is 46.1 Å². The molecule has 2 atom stereocenters. The molecule has 2 rings (SSSR count). The molecule has 2 aliphatic rings. The van der Waals surface area contributed by atoms with E-state index in [-0.39, 0.29) is 11.7 Å². The number of piperidine rings is 1. The van der Waals surface area contributed by atoms with E-state index in [0.29, 0.717) is 12.0 Å². The Labute approximate surface area is 97.3 Å². The van der Waals surface area contributed by atoms with Crippen LogP contribution in [0.25, 0.3) is 0 Å². The van der Waals surface area contributed by atoms with Crippen LogP contribution < -0.4 is 5.32 Å². The van der Waals surface area contributed by atoms with Crippen molar-refractivity contribution >= 4 is 6.09 Å². The number of quaternary nitrogens is 1. The van der Waals surface area contributed by atoms with Gasteiger partial charge in [-0.2, -0.15) is 0 Å². The summed E-state index contributed by atoms with van der Waals surface area (Å²) in [6, 6.07) is 0.612. The minimum Gasteiger partial charge on any atom is -0.444 e. The van der Waals surface area contributed by atoms with Crippen LogP contribution in [0.3, 0.4) is 0 Å². The van der Waals surface area contributed by atoms with Gasteiger partial charge in [0.2, 0.25) is 0 Å². The number of carbonyl (C=O) groups excluding carboxylic acids is 1. The highest BCUT2D eigenvalue weighted by molar-refractivity contribution is 5.68.